The molecule has 1 fully saturated rings. The van der Waals surface area contributed by atoms with E-state index < -0.39 is 0 Å². The van der Waals surface area contributed by atoms with Gasteiger partial charge in [-0.3, -0.25) is 0 Å². The van der Waals surface area contributed by atoms with Gasteiger partial charge in [-0.1, -0.05) is 0 Å². The molecule has 0 saturated heterocycles. The molecule has 0 aliphatic heterocycles. The minimum atomic E-state index is 0.951. The Balaban J connectivity index is 2.25. The fourth-order valence-corrected chi connectivity index (χ4v) is 3.71. The molecule has 0 aromatic carbocycles. The molecule has 0 spiro atoms. The summed E-state index contributed by atoms with van der Waals surface area (Å²) in [7, 11) is 0. The monoisotopic (exact) mass is 299 g/mol. The fourth-order valence-electron chi connectivity index (χ4n) is 1.91. The molecule has 0 N–H and O–H groups in total. The van der Waals surface area contributed by atoms with Crippen molar-refractivity contribution in [2.75, 3.05) is 0 Å². The summed E-state index contributed by atoms with van der Waals surface area (Å²) < 4.78 is 1.01. The van der Waals surface area contributed by atoms with E-state index in [4.69, 9.17) is 0 Å². The second kappa shape index (κ2) is 2.77. The van der Waals surface area contributed by atoms with E-state index in [9.17, 15) is 0 Å². The van der Waals surface area contributed by atoms with Crippen molar-refractivity contribution in [1.29, 1.82) is 0 Å². The molecule has 2 aliphatic carbocycles. The van der Waals surface area contributed by atoms with Crippen molar-refractivity contribution in [2.24, 2.45) is 5.92 Å². The second-order valence-electron chi connectivity index (χ2n) is 3.16. The average Bonchev–Trinajstić information content (AvgIpc) is 2.34. The Hall–Kier alpha value is 0.350. The van der Waals surface area contributed by atoms with Gasteiger partial charge in [-0.2, -0.15) is 0 Å². The normalized spacial score (nSPS) is 37.3. The van der Waals surface area contributed by atoms with Crippen LogP contribution in [-0.2, 0) is 24.4 Å². The van der Waals surface area contributed by atoms with Crippen LogP contribution < -0.4 is 0 Å². The molecule has 0 radical (unpaired) electrons. The van der Waals surface area contributed by atoms with Crippen molar-refractivity contribution in [1.82, 2.24) is 0 Å². The van der Waals surface area contributed by atoms with Gasteiger partial charge in [0.05, 0.1) is 0 Å². The van der Waals surface area contributed by atoms with E-state index in [-0.39, 0.29) is 0 Å². The summed E-state index contributed by atoms with van der Waals surface area (Å²) in [5.74, 6) is 0.951. The zero-order chi connectivity index (χ0) is 6.97. The summed E-state index contributed by atoms with van der Waals surface area (Å²) in [5, 5.41) is 0. The Morgan fingerprint density at radius 1 is 1.40 bits per heavy atom. The molecule has 1 heteroatoms. The molecular formula is C9H11Hf. The number of hydrogen-bond acceptors (Lipinski definition) is 0. The molecule has 51 valence electrons. The van der Waals surface area contributed by atoms with Crippen LogP contribution in [0.2, 0.25) is 3.67 Å². The Morgan fingerprint density at radius 3 is 3.10 bits per heavy atom. The zero-order valence-electron chi connectivity index (χ0n) is 6.01. The van der Waals surface area contributed by atoms with Crippen LogP contribution in [0, 0.1) is 5.92 Å². The molecule has 1 saturated carbocycles. The predicted octanol–water partition coefficient (Wildman–Crippen LogP) is 2.62. The topological polar surface area (TPSA) is 0 Å². The van der Waals surface area contributed by atoms with Gasteiger partial charge in [-0.25, -0.2) is 0 Å². The summed E-state index contributed by atoms with van der Waals surface area (Å²) in [6.45, 7) is 0. The van der Waals surface area contributed by atoms with Gasteiger partial charge in [0.25, 0.3) is 0 Å². The van der Waals surface area contributed by atoms with Crippen molar-refractivity contribution in [3.8, 4) is 0 Å². The SMILES string of the molecule is [Hf][CH]1CCC2CC=CC=C12. The van der Waals surface area contributed by atoms with Gasteiger partial charge < -0.3 is 0 Å². The Labute approximate surface area is 77.0 Å². The fraction of sp³-hybridized carbons (Fsp3) is 0.556. The first-order chi connectivity index (χ1) is 4.88. The quantitative estimate of drug-likeness (QED) is 0.603. The van der Waals surface area contributed by atoms with Crippen LogP contribution in [0.5, 0.6) is 0 Å². The second-order valence-corrected chi connectivity index (χ2v) is 5.66. The zero-order valence-corrected chi connectivity index (χ0v) is 9.60. The van der Waals surface area contributed by atoms with Crippen LogP contribution in [0.15, 0.2) is 23.8 Å². The summed E-state index contributed by atoms with van der Waals surface area (Å²) in [6, 6.07) is 0. The Bertz CT molecular complexity index is 191. The van der Waals surface area contributed by atoms with Gasteiger partial charge in [0.1, 0.15) is 0 Å². The third-order valence-corrected chi connectivity index (χ3v) is 4.76. The van der Waals surface area contributed by atoms with E-state index in [0.717, 1.165) is 9.59 Å². The van der Waals surface area contributed by atoms with Gasteiger partial charge in [-0.15, -0.1) is 0 Å². The number of rotatable bonds is 0. The van der Waals surface area contributed by atoms with E-state index in [1.807, 2.05) is 0 Å². The van der Waals surface area contributed by atoms with Crippen LogP contribution in [-0.4, -0.2) is 0 Å². The van der Waals surface area contributed by atoms with Crippen molar-refractivity contribution in [2.45, 2.75) is 22.9 Å². The van der Waals surface area contributed by atoms with E-state index in [1.54, 1.807) is 5.57 Å². The first-order valence-electron chi connectivity index (χ1n) is 3.95. The molecular weight excluding hydrogens is 287 g/mol. The minimum absolute atomic E-state index is 0.951. The first kappa shape index (κ1) is 7.02. The number of hydrogen-bond donors (Lipinski definition) is 0. The van der Waals surface area contributed by atoms with Crippen LogP contribution >= 0.6 is 0 Å². The number of fused-ring (bicyclic) bond motifs is 1. The van der Waals surface area contributed by atoms with E-state index in [1.165, 1.54) is 43.6 Å². The van der Waals surface area contributed by atoms with Gasteiger partial charge in [0, 0.05) is 0 Å². The average molecular weight is 298 g/mol. The maximum absolute atomic E-state index is 2.36. The molecule has 0 heterocycles. The molecule has 2 unspecified atom stereocenters. The Morgan fingerprint density at radius 2 is 2.30 bits per heavy atom. The van der Waals surface area contributed by atoms with Gasteiger partial charge >= 0.3 is 77.0 Å². The molecule has 0 aromatic heterocycles. The van der Waals surface area contributed by atoms with E-state index in [0.29, 0.717) is 0 Å². The third-order valence-electron chi connectivity index (χ3n) is 2.52. The summed E-state index contributed by atoms with van der Waals surface area (Å²) in [6.07, 6.45) is 11.2. The summed E-state index contributed by atoms with van der Waals surface area (Å²) in [4.78, 5) is 0. The van der Waals surface area contributed by atoms with E-state index >= 15 is 0 Å². The van der Waals surface area contributed by atoms with Gasteiger partial charge in [-0.05, 0) is 0 Å². The molecule has 0 nitrogen and oxygen atoms in total. The molecule has 2 rings (SSSR count). The summed E-state index contributed by atoms with van der Waals surface area (Å²) >= 11 is 1.37. The molecule has 2 atom stereocenters. The van der Waals surface area contributed by atoms with Crippen LogP contribution in [0.3, 0.4) is 0 Å². The number of allylic oxidation sites excluding steroid dienone is 4. The van der Waals surface area contributed by atoms with Crippen LogP contribution in [0.1, 0.15) is 19.3 Å². The van der Waals surface area contributed by atoms with Gasteiger partial charge in [0.2, 0.25) is 0 Å². The van der Waals surface area contributed by atoms with Crippen LogP contribution in [0.4, 0.5) is 0 Å². The summed E-state index contributed by atoms with van der Waals surface area (Å²) in [5.41, 5.74) is 1.77. The van der Waals surface area contributed by atoms with Crippen molar-refractivity contribution in [3.63, 3.8) is 0 Å². The standard InChI is InChI=1S/C9H11.Hf/c1-2-5-9-7-3-6-8(9)4-1;/h1-2,4,6,9H,3,5,7H2;. The van der Waals surface area contributed by atoms with Crippen molar-refractivity contribution < 1.29 is 24.4 Å². The molecule has 10 heavy (non-hydrogen) atoms. The maximum atomic E-state index is 2.36. The van der Waals surface area contributed by atoms with E-state index in [2.05, 4.69) is 18.2 Å². The van der Waals surface area contributed by atoms with Crippen molar-refractivity contribution >= 4 is 0 Å². The first-order valence-corrected chi connectivity index (χ1v) is 6.03. The Kier molecular flexibility index (Phi) is 1.94. The molecule has 0 aromatic rings. The third kappa shape index (κ3) is 1.09. The molecule has 0 bridgehead atoms. The molecule has 0 amide bonds. The predicted molar refractivity (Wildman–Crippen MR) is 38.3 cm³/mol. The van der Waals surface area contributed by atoms with Gasteiger partial charge in [0.15, 0.2) is 0 Å². The molecule has 2 aliphatic rings. The van der Waals surface area contributed by atoms with Crippen molar-refractivity contribution in [3.05, 3.63) is 23.8 Å². The van der Waals surface area contributed by atoms with Crippen LogP contribution in [0.25, 0.3) is 0 Å².